The Morgan fingerprint density at radius 1 is 1.05 bits per heavy atom. The second-order valence-corrected chi connectivity index (χ2v) is 6.84. The van der Waals surface area contributed by atoms with Crippen LogP contribution in [0.25, 0.3) is 0 Å². The van der Waals surface area contributed by atoms with Crippen molar-refractivity contribution in [1.82, 2.24) is 0 Å². The van der Waals surface area contributed by atoms with Crippen LogP contribution in [0.4, 0.5) is 0 Å². The lowest BCUT2D eigenvalue weighted by molar-refractivity contribution is 0.108. The van der Waals surface area contributed by atoms with Gasteiger partial charge in [-0.25, -0.2) is 0 Å². The van der Waals surface area contributed by atoms with Crippen LogP contribution in [0.3, 0.4) is 0 Å². The van der Waals surface area contributed by atoms with E-state index in [1.807, 2.05) is 38.1 Å². The van der Waals surface area contributed by atoms with Gasteiger partial charge in [-0.3, -0.25) is 4.79 Å². The largest absolute Gasteiger partial charge is 0.491 e. The molecule has 0 amide bonds. The van der Waals surface area contributed by atoms with E-state index in [-0.39, 0.29) is 20.2 Å². The normalized spacial score (nSPS) is 11.3. The van der Waals surface area contributed by atoms with Gasteiger partial charge in [0, 0.05) is 0 Å². The summed E-state index contributed by atoms with van der Waals surface area (Å²) < 4.78 is 5.57. The summed E-state index contributed by atoms with van der Waals surface area (Å²) in [7, 11) is -0.0226. The van der Waals surface area contributed by atoms with Gasteiger partial charge in [0.15, 0.2) is 5.52 Å². The summed E-state index contributed by atoms with van der Waals surface area (Å²) in [6.45, 7) is 3.94. The van der Waals surface area contributed by atoms with E-state index in [4.69, 9.17) is 27.9 Å². The topological polar surface area (TPSA) is 26.3 Å². The Hall–Kier alpha value is -1.08. The van der Waals surface area contributed by atoms with E-state index in [0.717, 1.165) is 11.1 Å². The molecule has 2 nitrogen and oxygen atoms in total. The number of hydrogen-bond acceptors (Lipinski definition) is 2. The first kappa shape index (κ1) is 16.3. The Kier molecular flexibility index (Phi) is 5.64. The van der Waals surface area contributed by atoms with E-state index >= 15 is 0 Å². The minimum Gasteiger partial charge on any atom is -0.491 e. The van der Waals surface area contributed by atoms with Crippen molar-refractivity contribution in [3.8, 4) is 5.75 Å². The molecule has 110 valence electrons. The van der Waals surface area contributed by atoms with Gasteiger partial charge in [-0.05, 0) is 52.0 Å². The molecular weight excluding hydrogens is 326 g/mol. The van der Waals surface area contributed by atoms with Gasteiger partial charge in [-0.15, -0.1) is 0 Å². The van der Waals surface area contributed by atoms with Crippen molar-refractivity contribution in [3.05, 3.63) is 58.1 Å². The average Bonchev–Trinajstić information content (AvgIpc) is 2.40. The molecule has 0 aliphatic rings. The summed E-state index contributed by atoms with van der Waals surface area (Å²) in [5.74, 6) is 0.793. The smallest absolute Gasteiger partial charge is 0.188 e. The molecule has 2 aromatic carbocycles. The Morgan fingerprint density at radius 2 is 1.62 bits per heavy atom. The zero-order valence-corrected chi connectivity index (χ0v) is 14.2. The summed E-state index contributed by atoms with van der Waals surface area (Å²) in [6, 6.07) is 12.6. The van der Waals surface area contributed by atoms with Gasteiger partial charge in [0.2, 0.25) is 0 Å². The number of halogens is 2. The van der Waals surface area contributed by atoms with Gasteiger partial charge in [0.1, 0.15) is 5.75 Å². The van der Waals surface area contributed by atoms with Crippen molar-refractivity contribution in [2.75, 3.05) is 0 Å². The molecule has 2 aromatic rings. The molecular formula is C16H15Cl2O2P. The van der Waals surface area contributed by atoms with Crippen LogP contribution in [-0.2, 0) is 0 Å². The first-order valence-corrected chi connectivity index (χ1v) is 8.25. The fourth-order valence-electron chi connectivity index (χ4n) is 1.80. The molecule has 0 aliphatic heterocycles. The van der Waals surface area contributed by atoms with Gasteiger partial charge in [0.05, 0.1) is 21.7 Å². The SMILES string of the molecule is CC(C)Oc1ccc(PC(=O)c2c(Cl)cccc2Cl)cc1. The number of carbonyl (C=O) groups excluding carboxylic acids is 1. The third-order valence-corrected chi connectivity index (χ3v) is 4.40. The molecule has 0 fully saturated rings. The van der Waals surface area contributed by atoms with Crippen molar-refractivity contribution in [3.63, 3.8) is 0 Å². The predicted molar refractivity (Wildman–Crippen MR) is 90.9 cm³/mol. The molecule has 0 radical (unpaired) electrons. The third kappa shape index (κ3) is 4.44. The van der Waals surface area contributed by atoms with Crippen LogP contribution >= 0.6 is 31.8 Å². The van der Waals surface area contributed by atoms with E-state index in [0.29, 0.717) is 15.6 Å². The third-order valence-electron chi connectivity index (χ3n) is 2.67. The van der Waals surface area contributed by atoms with Crippen LogP contribution in [0.2, 0.25) is 10.0 Å². The maximum absolute atomic E-state index is 12.3. The summed E-state index contributed by atoms with van der Waals surface area (Å²) in [4.78, 5) is 12.3. The lowest BCUT2D eigenvalue weighted by Gasteiger charge is -2.10. The standard InChI is InChI=1S/C16H15Cl2O2P/c1-10(2)20-11-6-8-12(9-7-11)21-16(19)15-13(17)4-3-5-14(15)18/h3-10,21H,1-2H3. The van der Waals surface area contributed by atoms with Crippen molar-refractivity contribution < 1.29 is 9.53 Å². The zero-order chi connectivity index (χ0) is 15.4. The second kappa shape index (κ2) is 7.26. The van der Waals surface area contributed by atoms with E-state index < -0.39 is 0 Å². The van der Waals surface area contributed by atoms with Gasteiger partial charge < -0.3 is 4.74 Å². The number of carbonyl (C=O) groups is 1. The fourth-order valence-corrected chi connectivity index (χ4v) is 3.51. The fraction of sp³-hybridized carbons (Fsp3) is 0.188. The maximum Gasteiger partial charge on any atom is 0.188 e. The Bertz CT molecular complexity index is 619. The van der Waals surface area contributed by atoms with Crippen molar-refractivity contribution >= 4 is 42.6 Å². The van der Waals surface area contributed by atoms with Gasteiger partial charge in [-0.2, -0.15) is 0 Å². The molecule has 0 spiro atoms. The first-order chi connectivity index (χ1) is 9.97. The molecule has 2 rings (SSSR count). The molecule has 21 heavy (non-hydrogen) atoms. The molecule has 5 heteroatoms. The first-order valence-electron chi connectivity index (χ1n) is 6.49. The van der Waals surface area contributed by atoms with Crippen molar-refractivity contribution in [2.24, 2.45) is 0 Å². The number of rotatable bonds is 5. The summed E-state index contributed by atoms with van der Waals surface area (Å²) in [6.07, 6.45) is 0.127. The highest BCUT2D eigenvalue weighted by atomic mass is 35.5. The Morgan fingerprint density at radius 3 is 2.14 bits per heavy atom. The van der Waals surface area contributed by atoms with E-state index in [1.165, 1.54) is 0 Å². The van der Waals surface area contributed by atoms with Crippen LogP contribution in [-0.4, -0.2) is 11.6 Å². The van der Waals surface area contributed by atoms with Crippen LogP contribution < -0.4 is 10.0 Å². The number of benzene rings is 2. The molecule has 1 atom stereocenters. The Labute approximate surface area is 136 Å². The summed E-state index contributed by atoms with van der Waals surface area (Å²) in [5.41, 5.74) is 0.324. The quantitative estimate of drug-likeness (QED) is 0.721. The second-order valence-electron chi connectivity index (χ2n) is 4.74. The van der Waals surface area contributed by atoms with Gasteiger partial charge in [-0.1, -0.05) is 41.4 Å². The predicted octanol–water partition coefficient (Wildman–Crippen LogP) is 4.92. The molecule has 0 saturated heterocycles. The van der Waals surface area contributed by atoms with Crippen molar-refractivity contribution in [1.29, 1.82) is 0 Å². The van der Waals surface area contributed by atoms with Crippen LogP contribution in [0.5, 0.6) is 5.75 Å². The molecule has 0 heterocycles. The lowest BCUT2D eigenvalue weighted by Crippen LogP contribution is -2.07. The molecule has 0 aromatic heterocycles. The zero-order valence-electron chi connectivity index (χ0n) is 11.7. The van der Waals surface area contributed by atoms with Crippen molar-refractivity contribution in [2.45, 2.75) is 20.0 Å². The number of ether oxygens (including phenoxy) is 1. The molecule has 0 bridgehead atoms. The summed E-state index contributed by atoms with van der Waals surface area (Å²) in [5, 5.41) is 1.70. The van der Waals surface area contributed by atoms with E-state index in [2.05, 4.69) is 0 Å². The van der Waals surface area contributed by atoms with Crippen LogP contribution in [0, 0.1) is 0 Å². The maximum atomic E-state index is 12.3. The van der Waals surface area contributed by atoms with Crippen LogP contribution in [0.15, 0.2) is 42.5 Å². The minimum absolute atomic E-state index is 0.0226. The van der Waals surface area contributed by atoms with E-state index in [9.17, 15) is 4.79 Å². The average molecular weight is 341 g/mol. The monoisotopic (exact) mass is 340 g/mol. The van der Waals surface area contributed by atoms with Gasteiger partial charge >= 0.3 is 0 Å². The van der Waals surface area contributed by atoms with Gasteiger partial charge in [0.25, 0.3) is 0 Å². The minimum atomic E-state index is -0.0665. The highest BCUT2D eigenvalue weighted by molar-refractivity contribution is 7.66. The highest BCUT2D eigenvalue weighted by Gasteiger charge is 2.15. The highest BCUT2D eigenvalue weighted by Crippen LogP contribution is 2.30. The Balaban J connectivity index is 2.13. The lowest BCUT2D eigenvalue weighted by atomic mass is 10.2. The molecule has 0 aliphatic carbocycles. The molecule has 1 unspecified atom stereocenters. The molecule has 0 N–H and O–H groups in total. The molecule has 0 saturated carbocycles. The van der Waals surface area contributed by atoms with E-state index in [1.54, 1.807) is 18.2 Å². The number of hydrogen-bond donors (Lipinski definition) is 0. The summed E-state index contributed by atoms with van der Waals surface area (Å²) >= 11 is 12.1. The van der Waals surface area contributed by atoms with Crippen LogP contribution in [0.1, 0.15) is 24.2 Å².